The van der Waals surface area contributed by atoms with E-state index in [4.69, 9.17) is 9.47 Å². The van der Waals surface area contributed by atoms with Gasteiger partial charge in [-0.3, -0.25) is 9.59 Å². The Morgan fingerprint density at radius 2 is 1.88 bits per heavy atom. The first-order valence-electron chi connectivity index (χ1n) is 12.2. The topological polar surface area (TPSA) is 93.1 Å². The van der Waals surface area contributed by atoms with Crippen molar-refractivity contribution < 1.29 is 29.3 Å². The summed E-state index contributed by atoms with van der Waals surface area (Å²) in [6.45, 7) is 7.09. The second kappa shape index (κ2) is 8.19. The van der Waals surface area contributed by atoms with Crippen LogP contribution >= 0.6 is 0 Å². The van der Waals surface area contributed by atoms with Crippen LogP contribution in [0.25, 0.3) is 0 Å². The zero-order chi connectivity index (χ0) is 23.3. The molecule has 7 atom stereocenters. The van der Waals surface area contributed by atoms with Crippen LogP contribution in [0.3, 0.4) is 0 Å². The van der Waals surface area contributed by atoms with Crippen LogP contribution in [0.2, 0.25) is 0 Å². The van der Waals surface area contributed by atoms with Gasteiger partial charge >= 0.3 is 11.9 Å². The number of methoxy groups -OCH3 is 1. The molecule has 0 aromatic rings. The van der Waals surface area contributed by atoms with Gasteiger partial charge in [0.2, 0.25) is 0 Å². The number of allylic oxidation sites excluding steroid dienone is 3. The largest absolute Gasteiger partial charge is 0.498 e. The van der Waals surface area contributed by atoms with E-state index in [0.717, 1.165) is 37.9 Å². The minimum absolute atomic E-state index is 0.0277. The molecular weight excluding hydrogens is 408 g/mol. The standard InChI is InChI=1S/C26H38O6/c1-5-32-17-6-10-24(2)16(14-17)15-18(23(29)31-4)22-19(24)7-11-25(3)20(22)8-12-26(25,30)13-9-21(27)28/h14-15,18-20,22,30H,5-13H2,1-4H3,(H,27,28)/t18-,19+,20+,22-,24+,25+,26-/m1/s1. The van der Waals surface area contributed by atoms with Crippen LogP contribution in [0.4, 0.5) is 0 Å². The number of carbonyl (C=O) groups is 2. The molecule has 0 aromatic heterocycles. The van der Waals surface area contributed by atoms with Crippen LogP contribution in [-0.4, -0.2) is 41.5 Å². The maximum atomic E-state index is 13.0. The van der Waals surface area contributed by atoms with E-state index < -0.39 is 17.0 Å². The van der Waals surface area contributed by atoms with E-state index in [9.17, 15) is 19.8 Å². The molecule has 0 saturated heterocycles. The van der Waals surface area contributed by atoms with Gasteiger partial charge in [-0.15, -0.1) is 0 Å². The zero-order valence-electron chi connectivity index (χ0n) is 19.9. The Hall–Kier alpha value is -1.82. The highest BCUT2D eigenvalue weighted by Crippen LogP contribution is 2.68. The van der Waals surface area contributed by atoms with Crippen LogP contribution in [0.15, 0.2) is 23.5 Å². The van der Waals surface area contributed by atoms with Crippen molar-refractivity contribution in [2.75, 3.05) is 13.7 Å². The number of aliphatic hydroxyl groups is 1. The summed E-state index contributed by atoms with van der Waals surface area (Å²) >= 11 is 0. The minimum Gasteiger partial charge on any atom is -0.498 e. The fourth-order valence-corrected chi connectivity index (χ4v) is 7.82. The Balaban J connectivity index is 1.74. The Morgan fingerprint density at radius 1 is 1.16 bits per heavy atom. The van der Waals surface area contributed by atoms with Crippen LogP contribution in [0.5, 0.6) is 0 Å². The molecule has 4 rings (SSSR count). The van der Waals surface area contributed by atoms with Crippen LogP contribution in [-0.2, 0) is 19.1 Å². The van der Waals surface area contributed by atoms with E-state index in [2.05, 4.69) is 26.0 Å². The fraction of sp³-hybridized carbons (Fsp3) is 0.769. The molecule has 6 nitrogen and oxygen atoms in total. The Morgan fingerprint density at radius 3 is 2.53 bits per heavy atom. The van der Waals surface area contributed by atoms with Gasteiger partial charge in [-0.1, -0.05) is 19.9 Å². The molecule has 2 saturated carbocycles. The van der Waals surface area contributed by atoms with Gasteiger partial charge in [0.1, 0.15) is 0 Å². The van der Waals surface area contributed by atoms with Gasteiger partial charge in [0.25, 0.3) is 0 Å². The lowest BCUT2D eigenvalue weighted by Gasteiger charge is -2.59. The lowest BCUT2D eigenvalue weighted by atomic mass is 9.45. The molecule has 0 aromatic carbocycles. The first kappa shape index (κ1) is 23.3. The highest BCUT2D eigenvalue weighted by molar-refractivity contribution is 5.76. The van der Waals surface area contributed by atoms with Gasteiger partial charge in [-0.2, -0.15) is 0 Å². The van der Waals surface area contributed by atoms with E-state index in [1.165, 1.54) is 12.7 Å². The van der Waals surface area contributed by atoms with Crippen molar-refractivity contribution in [1.29, 1.82) is 0 Å². The van der Waals surface area contributed by atoms with E-state index in [-0.39, 0.29) is 42.0 Å². The molecule has 0 unspecified atom stereocenters. The van der Waals surface area contributed by atoms with Crippen molar-refractivity contribution >= 4 is 11.9 Å². The molecule has 0 radical (unpaired) electrons. The lowest BCUT2D eigenvalue weighted by molar-refractivity contribution is -0.161. The number of ether oxygens (including phenoxy) is 2. The molecule has 2 fully saturated rings. The van der Waals surface area contributed by atoms with E-state index in [1.54, 1.807) is 0 Å². The Labute approximate surface area is 191 Å². The minimum atomic E-state index is -0.999. The maximum Gasteiger partial charge on any atom is 0.312 e. The molecule has 32 heavy (non-hydrogen) atoms. The first-order chi connectivity index (χ1) is 15.1. The predicted octanol–water partition coefficient (Wildman–Crippen LogP) is 4.47. The summed E-state index contributed by atoms with van der Waals surface area (Å²) in [5.41, 5.74) is -0.231. The van der Waals surface area contributed by atoms with E-state index >= 15 is 0 Å². The second-order valence-electron chi connectivity index (χ2n) is 10.8. The van der Waals surface area contributed by atoms with Crippen molar-refractivity contribution in [3.8, 4) is 0 Å². The molecule has 0 amide bonds. The molecule has 0 spiro atoms. The summed E-state index contributed by atoms with van der Waals surface area (Å²) < 4.78 is 11.1. The van der Waals surface area contributed by atoms with Gasteiger partial charge in [0.15, 0.2) is 0 Å². The summed E-state index contributed by atoms with van der Waals surface area (Å²) in [7, 11) is 1.45. The fourth-order valence-electron chi connectivity index (χ4n) is 7.82. The number of carbonyl (C=O) groups excluding carboxylic acids is 1. The van der Waals surface area contributed by atoms with Gasteiger partial charge in [-0.05, 0) is 85.7 Å². The number of hydrogen-bond donors (Lipinski definition) is 2. The average Bonchev–Trinajstić information content (AvgIpc) is 3.03. The third-order valence-electron chi connectivity index (χ3n) is 9.67. The second-order valence-corrected chi connectivity index (χ2v) is 10.8. The quantitative estimate of drug-likeness (QED) is 0.585. The third-order valence-corrected chi connectivity index (χ3v) is 9.67. The van der Waals surface area contributed by atoms with Crippen molar-refractivity contribution in [3.63, 3.8) is 0 Å². The number of carboxylic acid groups (broad SMARTS) is 1. The molecule has 0 bridgehead atoms. The summed E-state index contributed by atoms with van der Waals surface area (Å²) in [5, 5.41) is 20.9. The Kier molecular flexibility index (Phi) is 5.98. The molecule has 178 valence electrons. The Bertz CT molecular complexity index is 845. The molecule has 4 aliphatic carbocycles. The van der Waals surface area contributed by atoms with Gasteiger partial charge < -0.3 is 19.7 Å². The molecule has 4 aliphatic rings. The summed E-state index contributed by atoms with van der Waals surface area (Å²) in [5.74, 6) is 0.137. The predicted molar refractivity (Wildman–Crippen MR) is 120 cm³/mol. The third kappa shape index (κ3) is 3.41. The van der Waals surface area contributed by atoms with Crippen molar-refractivity contribution in [2.24, 2.45) is 34.5 Å². The normalized spacial score (nSPS) is 42.7. The lowest BCUT2D eigenvalue weighted by Crippen LogP contribution is -2.57. The summed E-state index contributed by atoms with van der Waals surface area (Å²) in [4.78, 5) is 24.3. The SMILES string of the molecule is CCOC1=CC2=C[C@@H](C(=O)OC)[C@@H]3[C@H](CC[C@@]4(C)[C@H]3CC[C@@]4(O)CCC(=O)O)[C@@]2(C)CC1. The summed E-state index contributed by atoms with van der Waals surface area (Å²) in [6.07, 6.45) is 9.59. The number of hydrogen-bond acceptors (Lipinski definition) is 5. The number of rotatable bonds is 6. The van der Waals surface area contributed by atoms with Gasteiger partial charge in [-0.25, -0.2) is 0 Å². The monoisotopic (exact) mass is 446 g/mol. The molecular formula is C26H38O6. The highest BCUT2D eigenvalue weighted by atomic mass is 16.5. The van der Waals surface area contributed by atoms with Crippen molar-refractivity contribution in [1.82, 2.24) is 0 Å². The van der Waals surface area contributed by atoms with Gasteiger partial charge in [0, 0.05) is 12.8 Å². The average molecular weight is 447 g/mol. The van der Waals surface area contributed by atoms with Crippen LogP contribution < -0.4 is 0 Å². The van der Waals surface area contributed by atoms with Crippen molar-refractivity contribution in [3.05, 3.63) is 23.5 Å². The van der Waals surface area contributed by atoms with E-state index in [1.807, 2.05) is 6.92 Å². The molecule has 2 N–H and O–H groups in total. The smallest absolute Gasteiger partial charge is 0.312 e. The number of carboxylic acids is 1. The highest BCUT2D eigenvalue weighted by Gasteiger charge is 2.65. The maximum absolute atomic E-state index is 13.0. The van der Waals surface area contributed by atoms with Gasteiger partial charge in [0.05, 0.1) is 31.0 Å². The first-order valence-corrected chi connectivity index (χ1v) is 12.2. The van der Waals surface area contributed by atoms with Crippen LogP contribution in [0, 0.1) is 34.5 Å². The van der Waals surface area contributed by atoms with Crippen LogP contribution in [0.1, 0.15) is 72.1 Å². The zero-order valence-corrected chi connectivity index (χ0v) is 19.9. The number of esters is 1. The molecule has 0 aliphatic heterocycles. The summed E-state index contributed by atoms with van der Waals surface area (Å²) in [6, 6.07) is 0. The number of aliphatic carboxylic acids is 1. The number of fused-ring (bicyclic) bond motifs is 5. The molecule has 6 heteroatoms. The molecule has 0 heterocycles. The van der Waals surface area contributed by atoms with E-state index in [0.29, 0.717) is 18.9 Å². The van der Waals surface area contributed by atoms with Crippen molar-refractivity contribution in [2.45, 2.75) is 77.7 Å².